The van der Waals surface area contributed by atoms with E-state index in [-0.39, 0.29) is 22.2 Å². The van der Waals surface area contributed by atoms with Gasteiger partial charge in [-0.25, -0.2) is 0 Å². The van der Waals surface area contributed by atoms with Crippen LogP contribution in [0.4, 0.5) is 14.5 Å². The van der Waals surface area contributed by atoms with Crippen LogP contribution in [-0.2, 0) is 7.05 Å². The minimum absolute atomic E-state index is 0.113. The number of amides is 1. The molecule has 1 amide bonds. The maximum Gasteiger partial charge on any atom is 0.387 e. The monoisotopic (exact) mass is 329 g/mol. The van der Waals surface area contributed by atoms with Crippen molar-refractivity contribution in [3.05, 3.63) is 40.2 Å². The molecule has 0 atom stereocenters. The Balaban J connectivity index is 2.32. The number of hydrogen-bond acceptors (Lipinski definition) is 3. The van der Waals surface area contributed by atoms with Gasteiger partial charge in [-0.1, -0.05) is 17.7 Å². The Morgan fingerprint density at radius 2 is 2.09 bits per heavy atom. The van der Waals surface area contributed by atoms with Gasteiger partial charge < -0.3 is 10.1 Å². The number of hydrogen-bond donors (Lipinski definition) is 1. The van der Waals surface area contributed by atoms with Crippen LogP contribution in [0.3, 0.4) is 0 Å². The zero-order chi connectivity index (χ0) is 16.4. The van der Waals surface area contributed by atoms with Gasteiger partial charge in [0, 0.05) is 7.05 Å². The van der Waals surface area contributed by atoms with Crippen molar-refractivity contribution in [3.63, 3.8) is 0 Å². The lowest BCUT2D eigenvalue weighted by Crippen LogP contribution is -2.17. The van der Waals surface area contributed by atoms with Crippen molar-refractivity contribution < 1.29 is 18.3 Å². The summed E-state index contributed by atoms with van der Waals surface area (Å²) in [6.45, 7) is 0.404. The van der Waals surface area contributed by atoms with E-state index in [9.17, 15) is 13.6 Å². The number of benzene rings is 1. The Bertz CT molecular complexity index is 716. The number of aromatic nitrogens is 2. The lowest BCUT2D eigenvalue weighted by molar-refractivity contribution is -0.0494. The highest BCUT2D eigenvalue weighted by Crippen LogP contribution is 2.29. The molecule has 1 heterocycles. The number of carbonyl (C=O) groups is 1. The molecule has 2 rings (SSSR count). The van der Waals surface area contributed by atoms with Crippen molar-refractivity contribution >= 4 is 23.2 Å². The number of anilines is 1. The van der Waals surface area contributed by atoms with Gasteiger partial charge in [-0.15, -0.1) is 0 Å². The lowest BCUT2D eigenvalue weighted by atomic mass is 10.2. The maximum atomic E-state index is 12.5. The largest absolute Gasteiger partial charge is 0.433 e. The summed E-state index contributed by atoms with van der Waals surface area (Å²) in [5, 5.41) is 6.75. The highest BCUT2D eigenvalue weighted by molar-refractivity contribution is 6.34. The molecule has 0 aliphatic heterocycles. The average Bonchev–Trinajstić information content (AvgIpc) is 2.66. The lowest BCUT2D eigenvalue weighted by Gasteiger charge is -2.13. The number of nitrogens with zero attached hydrogens (tertiary/aromatic N) is 2. The number of nitrogens with one attached hydrogen (secondary N) is 1. The number of rotatable bonds is 4. The number of ether oxygens (including phenoxy) is 1. The van der Waals surface area contributed by atoms with Crippen LogP contribution < -0.4 is 10.1 Å². The first kappa shape index (κ1) is 16.2. The fourth-order valence-corrected chi connectivity index (χ4v) is 2.23. The predicted molar refractivity (Wildman–Crippen MR) is 78.7 cm³/mol. The topological polar surface area (TPSA) is 56.2 Å². The van der Waals surface area contributed by atoms with Gasteiger partial charge in [0.2, 0.25) is 0 Å². The van der Waals surface area contributed by atoms with Crippen LogP contribution in [0, 0.1) is 13.8 Å². The van der Waals surface area contributed by atoms with Crippen LogP contribution in [0.1, 0.15) is 21.7 Å². The summed E-state index contributed by atoms with van der Waals surface area (Å²) in [7, 11) is 1.57. The van der Waals surface area contributed by atoms with E-state index in [1.165, 1.54) is 16.8 Å². The Hall–Kier alpha value is -2.15. The summed E-state index contributed by atoms with van der Waals surface area (Å²) in [5.41, 5.74) is 1.50. The average molecular weight is 330 g/mol. The summed E-state index contributed by atoms with van der Waals surface area (Å²) in [4.78, 5) is 12.3. The second-order valence-electron chi connectivity index (χ2n) is 4.70. The van der Waals surface area contributed by atoms with E-state index in [0.29, 0.717) is 5.69 Å². The SMILES string of the molecule is Cc1ccc(NC(=O)c2c(Cl)c(C)nn2C)c(OC(F)F)c1. The fraction of sp³-hybridized carbons (Fsp3) is 0.286. The molecule has 1 N–H and O–H groups in total. The molecule has 0 spiro atoms. The Morgan fingerprint density at radius 3 is 2.64 bits per heavy atom. The molecule has 0 radical (unpaired) electrons. The standard InChI is InChI=1S/C14H14ClF2N3O2/c1-7-4-5-9(10(6-7)22-14(16)17)18-13(21)12-11(15)8(2)19-20(12)3/h4-6,14H,1-3H3,(H,18,21). The summed E-state index contributed by atoms with van der Waals surface area (Å²) < 4.78 is 30.7. The third-order valence-corrected chi connectivity index (χ3v) is 3.42. The van der Waals surface area contributed by atoms with Gasteiger partial charge in [0.1, 0.15) is 11.4 Å². The summed E-state index contributed by atoms with van der Waals surface area (Å²) in [5.74, 6) is -0.672. The van der Waals surface area contributed by atoms with Crippen molar-refractivity contribution in [2.45, 2.75) is 20.5 Å². The summed E-state index contributed by atoms with van der Waals surface area (Å²) >= 11 is 6.03. The zero-order valence-electron chi connectivity index (χ0n) is 12.2. The van der Waals surface area contributed by atoms with Gasteiger partial charge in [-0.2, -0.15) is 13.9 Å². The fourth-order valence-electron chi connectivity index (χ4n) is 1.99. The molecule has 2 aromatic rings. The molecule has 1 aromatic heterocycles. The number of carbonyl (C=O) groups excluding carboxylic acids is 1. The minimum Gasteiger partial charge on any atom is -0.433 e. The van der Waals surface area contributed by atoms with Crippen molar-refractivity contribution in [1.29, 1.82) is 0 Å². The van der Waals surface area contributed by atoms with Gasteiger partial charge in [0.15, 0.2) is 0 Å². The molecule has 0 unspecified atom stereocenters. The molecule has 5 nitrogen and oxygen atoms in total. The quantitative estimate of drug-likeness (QED) is 0.933. The third-order valence-electron chi connectivity index (χ3n) is 2.97. The van der Waals surface area contributed by atoms with E-state index >= 15 is 0 Å². The predicted octanol–water partition coefficient (Wildman–Crippen LogP) is 3.54. The van der Waals surface area contributed by atoms with Crippen LogP contribution in [0.5, 0.6) is 5.75 Å². The van der Waals surface area contributed by atoms with Crippen LogP contribution in [0.2, 0.25) is 5.02 Å². The van der Waals surface area contributed by atoms with E-state index in [1.54, 1.807) is 27.0 Å². The summed E-state index contributed by atoms with van der Waals surface area (Å²) in [6.07, 6.45) is 0. The van der Waals surface area contributed by atoms with Crippen molar-refractivity contribution in [1.82, 2.24) is 9.78 Å². The second-order valence-corrected chi connectivity index (χ2v) is 5.08. The molecule has 1 aromatic carbocycles. The molecule has 0 saturated heterocycles. The molecule has 8 heteroatoms. The highest BCUT2D eigenvalue weighted by Gasteiger charge is 2.20. The normalized spacial score (nSPS) is 10.9. The van der Waals surface area contributed by atoms with E-state index in [1.807, 2.05) is 0 Å². The van der Waals surface area contributed by atoms with Gasteiger partial charge in [-0.3, -0.25) is 9.48 Å². The Kier molecular flexibility index (Phi) is 4.65. The zero-order valence-corrected chi connectivity index (χ0v) is 12.9. The van der Waals surface area contributed by atoms with E-state index in [0.717, 1.165) is 5.56 Å². The van der Waals surface area contributed by atoms with Gasteiger partial charge in [-0.05, 0) is 31.5 Å². The Labute approximate surface area is 130 Å². The first-order chi connectivity index (χ1) is 10.3. The van der Waals surface area contributed by atoms with Crippen molar-refractivity contribution in [2.24, 2.45) is 7.05 Å². The van der Waals surface area contributed by atoms with E-state index in [4.69, 9.17) is 11.6 Å². The van der Waals surface area contributed by atoms with Crippen molar-refractivity contribution in [2.75, 3.05) is 5.32 Å². The molecule has 0 bridgehead atoms. The minimum atomic E-state index is -2.99. The molecular weight excluding hydrogens is 316 g/mol. The molecule has 0 saturated carbocycles. The van der Waals surface area contributed by atoms with Crippen LogP contribution in [-0.4, -0.2) is 22.3 Å². The third kappa shape index (κ3) is 3.36. The van der Waals surface area contributed by atoms with Gasteiger partial charge in [0.25, 0.3) is 5.91 Å². The Morgan fingerprint density at radius 1 is 1.41 bits per heavy atom. The number of aryl methyl sites for hydroxylation is 3. The van der Waals surface area contributed by atoms with E-state index < -0.39 is 12.5 Å². The van der Waals surface area contributed by atoms with Crippen LogP contribution >= 0.6 is 11.6 Å². The van der Waals surface area contributed by atoms with Crippen LogP contribution in [0.15, 0.2) is 18.2 Å². The molecule has 0 aliphatic rings. The number of halogens is 3. The molecule has 118 valence electrons. The maximum absolute atomic E-state index is 12.5. The molecule has 22 heavy (non-hydrogen) atoms. The van der Waals surface area contributed by atoms with Crippen LogP contribution in [0.25, 0.3) is 0 Å². The van der Waals surface area contributed by atoms with Gasteiger partial charge in [0.05, 0.1) is 16.4 Å². The number of alkyl halides is 2. The molecular formula is C14H14ClF2N3O2. The molecule has 0 aliphatic carbocycles. The highest BCUT2D eigenvalue weighted by atomic mass is 35.5. The van der Waals surface area contributed by atoms with Gasteiger partial charge >= 0.3 is 6.61 Å². The second kappa shape index (κ2) is 6.31. The van der Waals surface area contributed by atoms with Crippen molar-refractivity contribution in [3.8, 4) is 5.75 Å². The summed E-state index contributed by atoms with van der Waals surface area (Å²) in [6, 6.07) is 4.57. The molecule has 0 fully saturated rings. The first-order valence-corrected chi connectivity index (χ1v) is 6.73. The smallest absolute Gasteiger partial charge is 0.387 e. The van der Waals surface area contributed by atoms with E-state index in [2.05, 4.69) is 15.2 Å². The first-order valence-electron chi connectivity index (χ1n) is 6.35.